The number of rotatable bonds is 3. The van der Waals surface area contributed by atoms with E-state index in [2.05, 4.69) is 4.98 Å². The van der Waals surface area contributed by atoms with Gasteiger partial charge in [0.05, 0.1) is 0 Å². The molecule has 8 heteroatoms. The van der Waals surface area contributed by atoms with E-state index in [0.29, 0.717) is 6.07 Å². The molecule has 0 aromatic carbocycles. The van der Waals surface area contributed by atoms with Gasteiger partial charge in [0.25, 0.3) is 6.43 Å². The Hall–Kier alpha value is -1.57. The van der Waals surface area contributed by atoms with Gasteiger partial charge in [-0.2, -0.15) is 13.2 Å². The first-order valence-electron chi connectivity index (χ1n) is 4.35. The van der Waals surface area contributed by atoms with E-state index in [9.17, 15) is 26.7 Å². The van der Waals surface area contributed by atoms with Gasteiger partial charge in [-0.25, -0.2) is 13.8 Å². The number of carbonyl (C=O) groups excluding carboxylic acids is 1. The van der Waals surface area contributed by atoms with Gasteiger partial charge in [-0.05, 0) is 11.6 Å². The standard InChI is InChI=1S/C9H7F5N2O/c10-8(11)5-1-4(2-15)6(3-17)16-7(5)9(12,13)14/h1,3,8H,2,15H2. The minimum atomic E-state index is -5.04. The molecule has 94 valence electrons. The Kier molecular flexibility index (Phi) is 3.76. The third-order valence-electron chi connectivity index (χ3n) is 2.00. The average molecular weight is 254 g/mol. The van der Waals surface area contributed by atoms with Crippen molar-refractivity contribution in [3.8, 4) is 0 Å². The van der Waals surface area contributed by atoms with E-state index in [0.717, 1.165) is 0 Å². The van der Waals surface area contributed by atoms with Crippen LogP contribution in [0, 0.1) is 0 Å². The van der Waals surface area contributed by atoms with E-state index in [1.54, 1.807) is 0 Å². The largest absolute Gasteiger partial charge is 0.433 e. The van der Waals surface area contributed by atoms with Crippen molar-refractivity contribution in [3.05, 3.63) is 28.6 Å². The summed E-state index contributed by atoms with van der Waals surface area (Å²) in [5, 5.41) is 0. The van der Waals surface area contributed by atoms with Crippen molar-refractivity contribution in [1.29, 1.82) is 0 Å². The van der Waals surface area contributed by atoms with Gasteiger partial charge in [-0.3, -0.25) is 4.79 Å². The maximum atomic E-state index is 12.4. The Morgan fingerprint density at radius 1 is 1.41 bits per heavy atom. The number of pyridine rings is 1. The summed E-state index contributed by atoms with van der Waals surface area (Å²) in [5.41, 5.74) is 1.37. The molecule has 1 heterocycles. The normalized spacial score (nSPS) is 11.9. The van der Waals surface area contributed by atoms with E-state index >= 15 is 0 Å². The van der Waals surface area contributed by atoms with Gasteiger partial charge in [0.2, 0.25) is 0 Å². The number of aromatic nitrogens is 1. The molecule has 0 amide bonds. The number of nitrogens with two attached hydrogens (primary N) is 1. The van der Waals surface area contributed by atoms with Crippen LogP contribution in [0.5, 0.6) is 0 Å². The lowest BCUT2D eigenvalue weighted by Gasteiger charge is -2.13. The second kappa shape index (κ2) is 4.74. The molecule has 0 atom stereocenters. The van der Waals surface area contributed by atoms with Gasteiger partial charge in [0.15, 0.2) is 12.0 Å². The van der Waals surface area contributed by atoms with Crippen LogP contribution in [-0.4, -0.2) is 11.3 Å². The van der Waals surface area contributed by atoms with Crippen LogP contribution in [0.25, 0.3) is 0 Å². The Morgan fingerprint density at radius 2 is 2.00 bits per heavy atom. The molecule has 1 rings (SSSR count). The smallest absolute Gasteiger partial charge is 0.326 e. The van der Waals surface area contributed by atoms with Crippen LogP contribution >= 0.6 is 0 Å². The van der Waals surface area contributed by atoms with Gasteiger partial charge in [0, 0.05) is 12.1 Å². The molecule has 0 saturated carbocycles. The fourth-order valence-electron chi connectivity index (χ4n) is 1.25. The van der Waals surface area contributed by atoms with E-state index < -0.39 is 29.6 Å². The highest BCUT2D eigenvalue weighted by Gasteiger charge is 2.38. The van der Waals surface area contributed by atoms with Crippen molar-refractivity contribution in [2.45, 2.75) is 19.1 Å². The summed E-state index contributed by atoms with van der Waals surface area (Å²) in [6, 6.07) is 0.560. The SMILES string of the molecule is NCc1cc(C(F)F)c(C(F)(F)F)nc1C=O. The first kappa shape index (κ1) is 13.5. The van der Waals surface area contributed by atoms with Crippen molar-refractivity contribution >= 4 is 6.29 Å². The molecule has 0 unspecified atom stereocenters. The lowest BCUT2D eigenvalue weighted by atomic mass is 10.1. The summed E-state index contributed by atoms with van der Waals surface area (Å²) in [5.74, 6) is 0. The maximum absolute atomic E-state index is 12.4. The van der Waals surface area contributed by atoms with Crippen LogP contribution < -0.4 is 5.73 Å². The zero-order valence-electron chi connectivity index (χ0n) is 8.26. The molecule has 0 bridgehead atoms. The monoisotopic (exact) mass is 254 g/mol. The van der Waals surface area contributed by atoms with Crippen molar-refractivity contribution in [2.75, 3.05) is 0 Å². The lowest BCUT2D eigenvalue weighted by Crippen LogP contribution is -2.16. The molecule has 2 N–H and O–H groups in total. The second-order valence-electron chi connectivity index (χ2n) is 3.09. The molecule has 1 aromatic heterocycles. The quantitative estimate of drug-likeness (QED) is 0.665. The number of nitrogens with zero attached hydrogens (tertiary/aromatic N) is 1. The zero-order valence-corrected chi connectivity index (χ0v) is 8.26. The van der Waals surface area contributed by atoms with Crippen LogP contribution in [0.3, 0.4) is 0 Å². The third kappa shape index (κ3) is 2.76. The topological polar surface area (TPSA) is 56.0 Å². The molecule has 0 aliphatic rings. The highest BCUT2D eigenvalue weighted by Crippen LogP contribution is 2.35. The van der Waals surface area contributed by atoms with Crippen molar-refractivity contribution < 1.29 is 26.7 Å². The number of carbonyl (C=O) groups is 1. The van der Waals surface area contributed by atoms with Crippen molar-refractivity contribution in [2.24, 2.45) is 5.73 Å². The van der Waals surface area contributed by atoms with Gasteiger partial charge >= 0.3 is 6.18 Å². The average Bonchev–Trinajstić information content (AvgIpc) is 2.25. The molecular formula is C9H7F5N2O. The number of hydrogen-bond acceptors (Lipinski definition) is 3. The summed E-state index contributed by atoms with van der Waals surface area (Å²) in [7, 11) is 0. The van der Waals surface area contributed by atoms with E-state index in [-0.39, 0.29) is 18.4 Å². The Labute approximate surface area is 92.4 Å². The molecule has 0 aliphatic carbocycles. The first-order chi connectivity index (χ1) is 7.81. The molecule has 0 radical (unpaired) electrons. The predicted molar refractivity (Wildman–Crippen MR) is 47.5 cm³/mol. The van der Waals surface area contributed by atoms with Crippen LogP contribution in [0.4, 0.5) is 22.0 Å². The van der Waals surface area contributed by atoms with Crippen LogP contribution in [0.1, 0.15) is 33.7 Å². The van der Waals surface area contributed by atoms with Gasteiger partial charge in [-0.1, -0.05) is 0 Å². The number of aldehydes is 1. The Bertz CT molecular complexity index is 430. The van der Waals surface area contributed by atoms with Crippen molar-refractivity contribution in [1.82, 2.24) is 4.98 Å². The van der Waals surface area contributed by atoms with Gasteiger partial charge in [0.1, 0.15) is 5.69 Å². The van der Waals surface area contributed by atoms with E-state index in [1.807, 2.05) is 0 Å². The summed E-state index contributed by atoms with van der Waals surface area (Å²) < 4.78 is 62.1. The Balaban J connectivity index is 3.51. The van der Waals surface area contributed by atoms with Crippen LogP contribution in [0.2, 0.25) is 0 Å². The summed E-state index contributed by atoms with van der Waals surface area (Å²) in [6.07, 6.45) is -8.34. The fraction of sp³-hybridized carbons (Fsp3) is 0.333. The van der Waals surface area contributed by atoms with Crippen molar-refractivity contribution in [3.63, 3.8) is 0 Å². The minimum Gasteiger partial charge on any atom is -0.326 e. The molecule has 0 fully saturated rings. The second-order valence-corrected chi connectivity index (χ2v) is 3.09. The molecule has 3 nitrogen and oxygen atoms in total. The van der Waals surface area contributed by atoms with Crippen LogP contribution in [-0.2, 0) is 12.7 Å². The fourth-order valence-corrected chi connectivity index (χ4v) is 1.25. The molecule has 0 aliphatic heterocycles. The lowest BCUT2D eigenvalue weighted by molar-refractivity contribution is -0.143. The summed E-state index contributed by atoms with van der Waals surface area (Å²) in [4.78, 5) is 13.4. The highest BCUT2D eigenvalue weighted by atomic mass is 19.4. The number of halogens is 5. The summed E-state index contributed by atoms with van der Waals surface area (Å²) in [6.45, 7) is -0.348. The molecular weight excluding hydrogens is 247 g/mol. The van der Waals surface area contributed by atoms with Crippen LogP contribution in [0.15, 0.2) is 6.07 Å². The molecule has 17 heavy (non-hydrogen) atoms. The van der Waals surface area contributed by atoms with Gasteiger partial charge < -0.3 is 5.73 Å². The number of hydrogen-bond donors (Lipinski definition) is 1. The first-order valence-corrected chi connectivity index (χ1v) is 4.35. The molecule has 0 spiro atoms. The minimum absolute atomic E-state index is 0.0483. The van der Waals surface area contributed by atoms with E-state index in [4.69, 9.17) is 5.73 Å². The molecule has 0 saturated heterocycles. The molecule has 1 aromatic rings. The van der Waals surface area contributed by atoms with E-state index in [1.165, 1.54) is 0 Å². The summed E-state index contributed by atoms with van der Waals surface area (Å²) >= 11 is 0. The Morgan fingerprint density at radius 3 is 2.35 bits per heavy atom. The van der Waals surface area contributed by atoms with Gasteiger partial charge in [-0.15, -0.1) is 0 Å². The maximum Gasteiger partial charge on any atom is 0.433 e. The number of alkyl halides is 5. The highest BCUT2D eigenvalue weighted by molar-refractivity contribution is 5.74. The zero-order chi connectivity index (χ0) is 13.2. The predicted octanol–water partition coefficient (Wildman–Crippen LogP) is 2.31. The third-order valence-corrected chi connectivity index (χ3v) is 2.00.